The van der Waals surface area contributed by atoms with E-state index >= 15 is 0 Å². The number of rotatable bonds is 8. The molecule has 9 heteroatoms. The van der Waals surface area contributed by atoms with E-state index in [2.05, 4.69) is 24.9 Å². The average molecular weight is 337 g/mol. The summed E-state index contributed by atoms with van der Waals surface area (Å²) in [6.45, 7) is 6.55. The quantitative estimate of drug-likeness (QED) is 0.789. The van der Waals surface area contributed by atoms with Crippen LogP contribution >= 0.6 is 11.5 Å². The number of amides is 1. The third-order valence-corrected chi connectivity index (χ3v) is 3.55. The fourth-order valence-electron chi connectivity index (χ4n) is 1.84. The van der Waals surface area contributed by atoms with Crippen molar-refractivity contribution in [2.24, 2.45) is 0 Å². The van der Waals surface area contributed by atoms with Gasteiger partial charge in [-0.25, -0.2) is 4.98 Å². The molecule has 0 spiro atoms. The molecule has 124 valence electrons. The Hall–Kier alpha value is -2.29. The lowest BCUT2D eigenvalue weighted by Crippen LogP contribution is -2.15. The third kappa shape index (κ3) is 4.35. The van der Waals surface area contributed by atoms with Crippen molar-refractivity contribution in [1.82, 2.24) is 19.6 Å². The van der Waals surface area contributed by atoms with Crippen molar-refractivity contribution in [3.63, 3.8) is 0 Å². The van der Waals surface area contributed by atoms with Crippen LogP contribution in [0.25, 0.3) is 0 Å². The SMILES string of the molecule is CCCc1nnsc1C(=O)Nc1cnc(OCC)nc1OCC. The van der Waals surface area contributed by atoms with Crippen molar-refractivity contribution >= 4 is 23.1 Å². The van der Waals surface area contributed by atoms with Gasteiger partial charge in [-0.1, -0.05) is 17.8 Å². The summed E-state index contributed by atoms with van der Waals surface area (Å²) in [7, 11) is 0. The summed E-state index contributed by atoms with van der Waals surface area (Å²) in [5.41, 5.74) is 1.08. The zero-order chi connectivity index (χ0) is 16.7. The fourth-order valence-corrected chi connectivity index (χ4v) is 2.45. The molecule has 0 aliphatic rings. The molecule has 23 heavy (non-hydrogen) atoms. The highest BCUT2D eigenvalue weighted by atomic mass is 32.1. The number of ether oxygens (including phenoxy) is 2. The first kappa shape index (κ1) is 17.1. The number of anilines is 1. The van der Waals surface area contributed by atoms with E-state index in [0.717, 1.165) is 18.0 Å². The van der Waals surface area contributed by atoms with Gasteiger partial charge in [0.15, 0.2) is 0 Å². The van der Waals surface area contributed by atoms with Gasteiger partial charge < -0.3 is 14.8 Å². The van der Waals surface area contributed by atoms with Crippen LogP contribution in [0.3, 0.4) is 0 Å². The summed E-state index contributed by atoms with van der Waals surface area (Å²) >= 11 is 1.07. The van der Waals surface area contributed by atoms with Gasteiger partial charge in [-0.15, -0.1) is 5.10 Å². The number of nitrogens with zero attached hydrogens (tertiary/aromatic N) is 4. The third-order valence-electron chi connectivity index (χ3n) is 2.78. The zero-order valence-electron chi connectivity index (χ0n) is 13.3. The summed E-state index contributed by atoms with van der Waals surface area (Å²) in [6, 6.07) is 0.208. The number of hydrogen-bond acceptors (Lipinski definition) is 8. The maximum Gasteiger partial charge on any atom is 0.319 e. The van der Waals surface area contributed by atoms with Crippen molar-refractivity contribution < 1.29 is 14.3 Å². The predicted molar refractivity (Wildman–Crippen MR) is 86.2 cm³/mol. The number of carbonyl (C=O) groups is 1. The first-order valence-electron chi connectivity index (χ1n) is 7.44. The molecule has 2 heterocycles. The van der Waals surface area contributed by atoms with Crippen LogP contribution in [0.1, 0.15) is 42.6 Å². The van der Waals surface area contributed by atoms with Crippen LogP contribution in [0.15, 0.2) is 6.20 Å². The van der Waals surface area contributed by atoms with E-state index < -0.39 is 0 Å². The molecular weight excluding hydrogens is 318 g/mol. The zero-order valence-corrected chi connectivity index (χ0v) is 14.1. The van der Waals surface area contributed by atoms with E-state index in [4.69, 9.17) is 9.47 Å². The van der Waals surface area contributed by atoms with Crippen LogP contribution in [0.2, 0.25) is 0 Å². The molecule has 0 saturated carbocycles. The van der Waals surface area contributed by atoms with Gasteiger partial charge in [0, 0.05) is 0 Å². The van der Waals surface area contributed by atoms with Gasteiger partial charge in [0.25, 0.3) is 5.91 Å². The smallest absolute Gasteiger partial charge is 0.319 e. The van der Waals surface area contributed by atoms with Gasteiger partial charge in [-0.2, -0.15) is 4.98 Å². The Labute approximate surface area is 138 Å². The number of hydrogen-bond donors (Lipinski definition) is 1. The van der Waals surface area contributed by atoms with E-state index in [-0.39, 0.29) is 17.8 Å². The number of carbonyl (C=O) groups excluding carboxylic acids is 1. The highest BCUT2D eigenvalue weighted by Gasteiger charge is 2.18. The number of nitrogens with one attached hydrogen (secondary N) is 1. The minimum Gasteiger partial charge on any atom is -0.476 e. The highest BCUT2D eigenvalue weighted by Crippen LogP contribution is 2.24. The maximum absolute atomic E-state index is 12.4. The van der Waals surface area contributed by atoms with Gasteiger partial charge in [0.2, 0.25) is 5.88 Å². The van der Waals surface area contributed by atoms with Crippen LogP contribution in [-0.4, -0.2) is 38.7 Å². The monoisotopic (exact) mass is 337 g/mol. The summed E-state index contributed by atoms with van der Waals surface area (Å²) < 4.78 is 14.5. The molecule has 0 fully saturated rings. The number of aromatic nitrogens is 4. The lowest BCUT2D eigenvalue weighted by molar-refractivity contribution is 0.102. The lowest BCUT2D eigenvalue weighted by atomic mass is 10.2. The van der Waals surface area contributed by atoms with Gasteiger partial charge in [0.05, 0.1) is 25.1 Å². The van der Waals surface area contributed by atoms with Crippen molar-refractivity contribution in [2.45, 2.75) is 33.6 Å². The molecule has 0 aromatic carbocycles. The standard InChI is InChI=1S/C14H19N5O3S/c1-4-7-9-11(23-19-18-9)12(20)16-10-8-15-14(22-6-3)17-13(10)21-5-2/h8H,4-7H2,1-3H3,(H,16,20). The molecule has 1 N–H and O–H groups in total. The second-order valence-electron chi connectivity index (χ2n) is 4.49. The van der Waals surface area contributed by atoms with Gasteiger partial charge >= 0.3 is 6.01 Å². The van der Waals surface area contributed by atoms with Crippen LogP contribution in [-0.2, 0) is 6.42 Å². The first-order chi connectivity index (χ1) is 11.2. The molecule has 2 aromatic heterocycles. The van der Waals surface area contributed by atoms with E-state index in [1.807, 2.05) is 20.8 Å². The Bertz CT molecular complexity index is 662. The molecule has 2 rings (SSSR count). The van der Waals surface area contributed by atoms with Crippen molar-refractivity contribution in [2.75, 3.05) is 18.5 Å². The minimum atomic E-state index is -0.294. The van der Waals surface area contributed by atoms with Gasteiger partial charge in [-0.3, -0.25) is 4.79 Å². The van der Waals surface area contributed by atoms with Crippen LogP contribution in [0.5, 0.6) is 11.9 Å². The Morgan fingerprint density at radius 3 is 2.74 bits per heavy atom. The normalized spacial score (nSPS) is 10.4. The minimum absolute atomic E-state index is 0.208. The van der Waals surface area contributed by atoms with Crippen molar-refractivity contribution in [1.29, 1.82) is 0 Å². The van der Waals surface area contributed by atoms with Crippen molar-refractivity contribution in [3.8, 4) is 11.9 Å². The molecule has 0 aliphatic carbocycles. The Morgan fingerprint density at radius 1 is 1.26 bits per heavy atom. The molecule has 0 radical (unpaired) electrons. The largest absolute Gasteiger partial charge is 0.476 e. The first-order valence-corrected chi connectivity index (χ1v) is 8.22. The Balaban J connectivity index is 2.20. The molecule has 0 saturated heterocycles. The fraction of sp³-hybridized carbons (Fsp3) is 0.500. The number of aryl methyl sites for hydroxylation is 1. The van der Waals surface area contributed by atoms with Crippen LogP contribution < -0.4 is 14.8 Å². The predicted octanol–water partition coefficient (Wildman–Crippen LogP) is 2.33. The molecule has 0 bridgehead atoms. The molecule has 1 amide bonds. The lowest BCUT2D eigenvalue weighted by Gasteiger charge is -2.11. The maximum atomic E-state index is 12.4. The second kappa shape index (κ2) is 8.37. The van der Waals surface area contributed by atoms with Gasteiger partial charge in [0.1, 0.15) is 10.6 Å². The van der Waals surface area contributed by atoms with E-state index in [0.29, 0.717) is 35.9 Å². The summed E-state index contributed by atoms with van der Waals surface area (Å²) in [4.78, 5) is 21.1. The van der Waals surface area contributed by atoms with E-state index in [1.165, 1.54) is 6.20 Å². The van der Waals surface area contributed by atoms with E-state index in [9.17, 15) is 4.79 Å². The van der Waals surface area contributed by atoms with E-state index in [1.54, 1.807) is 0 Å². The van der Waals surface area contributed by atoms with Crippen LogP contribution in [0.4, 0.5) is 5.69 Å². The molecule has 2 aromatic rings. The average Bonchev–Trinajstić information content (AvgIpc) is 2.99. The van der Waals surface area contributed by atoms with Crippen molar-refractivity contribution in [3.05, 3.63) is 16.8 Å². The Morgan fingerprint density at radius 2 is 2.04 bits per heavy atom. The molecular formula is C14H19N5O3S. The molecule has 0 unspecified atom stereocenters. The molecule has 0 aliphatic heterocycles. The molecule has 8 nitrogen and oxygen atoms in total. The topological polar surface area (TPSA) is 99.1 Å². The second-order valence-corrected chi connectivity index (χ2v) is 5.24. The van der Waals surface area contributed by atoms with Crippen LogP contribution in [0, 0.1) is 0 Å². The summed E-state index contributed by atoms with van der Waals surface area (Å²) in [6.07, 6.45) is 3.06. The Kier molecular flexibility index (Phi) is 6.21. The summed E-state index contributed by atoms with van der Waals surface area (Å²) in [5, 5.41) is 6.74. The van der Waals surface area contributed by atoms with Gasteiger partial charge in [-0.05, 0) is 31.8 Å². The highest BCUT2D eigenvalue weighted by molar-refractivity contribution is 7.08. The molecule has 0 atom stereocenters. The summed E-state index contributed by atoms with van der Waals surface area (Å²) in [5.74, 6) is -0.0222.